The molecule has 0 spiro atoms. The van der Waals surface area contributed by atoms with E-state index in [9.17, 15) is 4.79 Å². The van der Waals surface area contributed by atoms with Crippen LogP contribution in [0.15, 0.2) is 24.4 Å². The molecule has 0 aromatic rings. The molecule has 5 nitrogen and oxygen atoms in total. The van der Waals surface area contributed by atoms with Gasteiger partial charge in [-0.05, 0) is 20.8 Å². The summed E-state index contributed by atoms with van der Waals surface area (Å²) in [6, 6.07) is 0. The van der Waals surface area contributed by atoms with Gasteiger partial charge in [-0.1, -0.05) is 6.58 Å². The van der Waals surface area contributed by atoms with Crippen molar-refractivity contribution in [1.29, 1.82) is 0 Å². The van der Waals surface area contributed by atoms with Crippen molar-refractivity contribution in [3.05, 3.63) is 24.4 Å². The lowest BCUT2D eigenvalue weighted by Crippen LogP contribution is -2.16. The Morgan fingerprint density at radius 1 is 1.41 bits per heavy atom. The van der Waals surface area contributed by atoms with E-state index in [1.807, 2.05) is 13.8 Å². The van der Waals surface area contributed by atoms with Gasteiger partial charge in [0.15, 0.2) is 5.76 Å². The van der Waals surface area contributed by atoms with Gasteiger partial charge in [-0.15, -0.1) is 0 Å². The molecule has 98 valence electrons. The first-order valence-electron chi connectivity index (χ1n) is 5.39. The maximum atomic E-state index is 11.0. The van der Waals surface area contributed by atoms with Crippen molar-refractivity contribution in [2.75, 3.05) is 6.61 Å². The van der Waals surface area contributed by atoms with Crippen molar-refractivity contribution in [2.45, 2.75) is 39.9 Å². The van der Waals surface area contributed by atoms with Gasteiger partial charge in [0.25, 0.3) is 0 Å². The zero-order valence-corrected chi connectivity index (χ0v) is 10.7. The van der Waals surface area contributed by atoms with E-state index in [0.717, 1.165) is 6.08 Å². The van der Waals surface area contributed by atoms with Crippen LogP contribution in [0, 0.1) is 0 Å². The monoisotopic (exact) mass is 244 g/mol. The van der Waals surface area contributed by atoms with E-state index in [-0.39, 0.29) is 24.4 Å². The number of carbonyl (C=O) groups is 1. The molecule has 0 heterocycles. The molecule has 1 unspecified atom stereocenters. The number of hydrogen-bond donors (Lipinski definition) is 1. The minimum atomic E-state index is -0.635. The molecule has 1 atom stereocenters. The minimum Gasteiger partial charge on any atom is -0.460 e. The quantitative estimate of drug-likeness (QED) is 0.419. The molecule has 0 aliphatic rings. The fourth-order valence-corrected chi connectivity index (χ4v) is 0.863. The third-order valence-electron chi connectivity index (χ3n) is 1.51. The molecule has 0 aromatic heterocycles. The maximum absolute atomic E-state index is 11.0. The molecule has 1 N–H and O–H groups in total. The largest absolute Gasteiger partial charge is 0.460 e. The molecule has 0 amide bonds. The van der Waals surface area contributed by atoms with Gasteiger partial charge in [0.05, 0.1) is 12.2 Å². The van der Waals surface area contributed by atoms with Gasteiger partial charge < -0.3 is 19.3 Å². The van der Waals surface area contributed by atoms with Crippen molar-refractivity contribution in [2.24, 2.45) is 0 Å². The molecule has 0 aromatic carbocycles. The first-order chi connectivity index (χ1) is 7.86. The van der Waals surface area contributed by atoms with Crippen molar-refractivity contribution in [3.8, 4) is 0 Å². The summed E-state index contributed by atoms with van der Waals surface area (Å²) in [4.78, 5) is 11.0. The first kappa shape index (κ1) is 15.5. The molecule has 0 aliphatic heterocycles. The SMILES string of the molecule is C=CC(=O)OC(C)=C(OCC(C)O)OC(C)C. The summed E-state index contributed by atoms with van der Waals surface area (Å²) in [5.41, 5.74) is 0. The van der Waals surface area contributed by atoms with E-state index < -0.39 is 12.1 Å². The van der Waals surface area contributed by atoms with Crippen molar-refractivity contribution in [1.82, 2.24) is 0 Å². The average Bonchev–Trinajstić information content (AvgIpc) is 2.22. The second-order valence-electron chi connectivity index (χ2n) is 3.80. The van der Waals surface area contributed by atoms with E-state index in [4.69, 9.17) is 19.3 Å². The Hall–Kier alpha value is -1.49. The van der Waals surface area contributed by atoms with Crippen LogP contribution in [0.1, 0.15) is 27.7 Å². The van der Waals surface area contributed by atoms with E-state index in [0.29, 0.717) is 0 Å². The summed E-state index contributed by atoms with van der Waals surface area (Å²) in [6.45, 7) is 10.1. The van der Waals surface area contributed by atoms with E-state index in [2.05, 4.69) is 6.58 Å². The highest BCUT2D eigenvalue weighted by atomic mass is 16.7. The standard InChI is InChI=1S/C12H20O5/c1-6-11(14)17-10(5)12(16-8(2)3)15-7-9(4)13/h6,8-9,13H,1,7H2,2-5H3. The number of aliphatic hydroxyl groups is 1. The molecule has 0 saturated heterocycles. The Bertz CT molecular complexity index is 291. The summed E-state index contributed by atoms with van der Waals surface area (Å²) >= 11 is 0. The number of aliphatic hydroxyl groups excluding tert-OH is 1. The molecule has 0 aliphatic carbocycles. The lowest BCUT2D eigenvalue weighted by molar-refractivity contribution is -0.135. The van der Waals surface area contributed by atoms with Crippen LogP contribution in [0.2, 0.25) is 0 Å². The van der Waals surface area contributed by atoms with E-state index >= 15 is 0 Å². The first-order valence-corrected chi connectivity index (χ1v) is 5.39. The lowest BCUT2D eigenvalue weighted by atomic mass is 10.4. The number of hydrogen-bond acceptors (Lipinski definition) is 5. The van der Waals surface area contributed by atoms with Gasteiger partial charge in [0, 0.05) is 13.0 Å². The van der Waals surface area contributed by atoms with Gasteiger partial charge in [0.2, 0.25) is 0 Å². The normalized spacial score (nSPS) is 13.8. The Kier molecular flexibility index (Phi) is 7.05. The highest BCUT2D eigenvalue weighted by Crippen LogP contribution is 2.13. The number of esters is 1. The predicted molar refractivity (Wildman–Crippen MR) is 62.8 cm³/mol. The summed E-state index contributed by atoms with van der Waals surface area (Å²) in [5, 5.41) is 9.12. The Morgan fingerprint density at radius 2 is 2.00 bits per heavy atom. The zero-order chi connectivity index (χ0) is 13.4. The van der Waals surface area contributed by atoms with E-state index in [1.54, 1.807) is 13.8 Å². The highest BCUT2D eigenvalue weighted by molar-refractivity contribution is 5.82. The Morgan fingerprint density at radius 3 is 2.41 bits per heavy atom. The second kappa shape index (κ2) is 7.73. The topological polar surface area (TPSA) is 65.0 Å². The summed E-state index contributed by atoms with van der Waals surface area (Å²) in [7, 11) is 0. The van der Waals surface area contributed by atoms with Crippen LogP contribution in [-0.4, -0.2) is 29.9 Å². The lowest BCUT2D eigenvalue weighted by Gasteiger charge is -2.17. The highest BCUT2D eigenvalue weighted by Gasteiger charge is 2.13. The molecule has 5 heteroatoms. The summed E-state index contributed by atoms with van der Waals surface area (Å²) in [5.74, 6) is -0.298. The predicted octanol–water partition coefficient (Wildman–Crippen LogP) is 1.73. The molecular weight excluding hydrogens is 224 g/mol. The molecule has 0 fully saturated rings. The molecule has 17 heavy (non-hydrogen) atoms. The van der Waals surface area contributed by atoms with Crippen LogP contribution in [0.4, 0.5) is 0 Å². The number of ether oxygens (including phenoxy) is 3. The Balaban J connectivity index is 4.66. The average molecular weight is 244 g/mol. The molecule has 0 rings (SSSR count). The molecule has 0 bridgehead atoms. The number of carbonyl (C=O) groups excluding carboxylic acids is 1. The van der Waals surface area contributed by atoms with Crippen LogP contribution < -0.4 is 0 Å². The van der Waals surface area contributed by atoms with Gasteiger partial charge in [-0.2, -0.15) is 0 Å². The van der Waals surface area contributed by atoms with Gasteiger partial charge in [-0.3, -0.25) is 0 Å². The van der Waals surface area contributed by atoms with Crippen LogP contribution >= 0.6 is 0 Å². The van der Waals surface area contributed by atoms with Crippen molar-refractivity contribution in [3.63, 3.8) is 0 Å². The summed E-state index contributed by atoms with van der Waals surface area (Å²) in [6.07, 6.45) is 0.283. The fraction of sp³-hybridized carbons (Fsp3) is 0.583. The third-order valence-corrected chi connectivity index (χ3v) is 1.51. The van der Waals surface area contributed by atoms with Crippen LogP contribution in [0.25, 0.3) is 0 Å². The van der Waals surface area contributed by atoms with Crippen molar-refractivity contribution < 1.29 is 24.1 Å². The summed E-state index contributed by atoms with van der Waals surface area (Å²) < 4.78 is 15.4. The third kappa shape index (κ3) is 7.41. The molecule has 0 radical (unpaired) electrons. The molecular formula is C12H20O5. The molecule has 0 saturated carbocycles. The van der Waals surface area contributed by atoms with Crippen LogP contribution in [0.3, 0.4) is 0 Å². The van der Waals surface area contributed by atoms with Crippen LogP contribution in [0.5, 0.6) is 0 Å². The number of rotatable bonds is 7. The van der Waals surface area contributed by atoms with Gasteiger partial charge >= 0.3 is 11.9 Å². The van der Waals surface area contributed by atoms with E-state index in [1.165, 1.54) is 0 Å². The maximum Gasteiger partial charge on any atom is 0.335 e. The van der Waals surface area contributed by atoms with Crippen LogP contribution in [-0.2, 0) is 19.0 Å². The Labute approximate surface area is 102 Å². The zero-order valence-electron chi connectivity index (χ0n) is 10.7. The number of allylic oxidation sites excluding steroid dienone is 1. The fourth-order valence-electron chi connectivity index (χ4n) is 0.863. The second-order valence-corrected chi connectivity index (χ2v) is 3.80. The van der Waals surface area contributed by atoms with Crippen molar-refractivity contribution >= 4 is 5.97 Å². The smallest absolute Gasteiger partial charge is 0.335 e. The van der Waals surface area contributed by atoms with Gasteiger partial charge in [-0.25, -0.2) is 4.79 Å². The minimum absolute atomic E-state index is 0.0605. The van der Waals surface area contributed by atoms with Gasteiger partial charge in [0.1, 0.15) is 6.61 Å².